The number of alkyl halides is 1. The fourth-order valence-corrected chi connectivity index (χ4v) is 4.57. The van der Waals surface area contributed by atoms with Crippen LogP contribution >= 0.6 is 0 Å². The molecule has 0 radical (unpaired) electrons. The van der Waals surface area contributed by atoms with E-state index in [9.17, 15) is 9.18 Å². The lowest BCUT2D eigenvalue weighted by molar-refractivity contribution is -0.121. The van der Waals surface area contributed by atoms with E-state index in [1.54, 1.807) is 18.6 Å². The Morgan fingerprint density at radius 1 is 1.10 bits per heavy atom. The highest BCUT2D eigenvalue weighted by Crippen LogP contribution is 2.31. The molecule has 2 aromatic heterocycles. The first kappa shape index (κ1) is 19.9. The maximum Gasteiger partial charge on any atom is 0.228 e. The van der Waals surface area contributed by atoms with Gasteiger partial charge >= 0.3 is 0 Å². The molecular weight excluding hydrogens is 395 g/mol. The summed E-state index contributed by atoms with van der Waals surface area (Å²) in [6, 6.07) is 7.66. The first-order chi connectivity index (χ1) is 15.1. The van der Waals surface area contributed by atoms with Crippen LogP contribution in [0.25, 0.3) is 22.2 Å². The summed E-state index contributed by atoms with van der Waals surface area (Å²) >= 11 is 0. The maximum absolute atomic E-state index is 13.0. The first-order valence-corrected chi connectivity index (χ1v) is 10.9. The van der Waals surface area contributed by atoms with E-state index in [0.717, 1.165) is 54.4 Å². The highest BCUT2D eigenvalue weighted by Gasteiger charge is 2.31. The monoisotopic (exact) mass is 420 g/mol. The van der Waals surface area contributed by atoms with E-state index in [0.29, 0.717) is 24.8 Å². The number of hydrogen-bond donors (Lipinski definition) is 1. The molecule has 7 nitrogen and oxygen atoms in total. The van der Waals surface area contributed by atoms with E-state index in [4.69, 9.17) is 0 Å². The van der Waals surface area contributed by atoms with Crippen LogP contribution in [0.5, 0.6) is 0 Å². The number of fused-ring (bicyclic) bond motifs is 1. The summed E-state index contributed by atoms with van der Waals surface area (Å²) in [7, 11) is 0. The molecule has 31 heavy (non-hydrogen) atoms. The van der Waals surface area contributed by atoms with Gasteiger partial charge in [0, 0.05) is 48.9 Å². The third-order valence-corrected chi connectivity index (χ3v) is 6.34. The van der Waals surface area contributed by atoms with Crippen molar-refractivity contribution >= 4 is 22.6 Å². The normalized spacial score (nSPS) is 22.2. The third-order valence-electron chi connectivity index (χ3n) is 6.34. The minimum Gasteiger partial charge on any atom is -0.309 e. The van der Waals surface area contributed by atoms with Gasteiger partial charge in [0.05, 0.1) is 17.4 Å². The summed E-state index contributed by atoms with van der Waals surface area (Å²) < 4.78 is 13.0. The van der Waals surface area contributed by atoms with E-state index in [1.165, 1.54) is 0 Å². The largest absolute Gasteiger partial charge is 0.309 e. The predicted molar refractivity (Wildman–Crippen MR) is 116 cm³/mol. The highest BCUT2D eigenvalue weighted by atomic mass is 19.1. The van der Waals surface area contributed by atoms with E-state index >= 15 is 0 Å². The molecule has 8 heteroatoms. The predicted octanol–water partition coefficient (Wildman–Crippen LogP) is 3.49. The number of likely N-dealkylation sites (tertiary alicyclic amines) is 1. The Balaban J connectivity index is 1.21. The molecule has 3 aromatic rings. The van der Waals surface area contributed by atoms with Crippen LogP contribution in [-0.2, 0) is 4.79 Å². The standard InChI is InChI=1S/C23H25FN6O/c24-19-13-30(14-19)12-15-1-3-16(4-2-15)23(31)27-22-10-18-9-17(5-6-20(18)28-29-22)21-11-25-7-8-26-21/h5-11,15-16,19H,1-4,12-14H2,(H,27,29,31). The van der Waals surface area contributed by atoms with Crippen LogP contribution in [0.15, 0.2) is 42.9 Å². The van der Waals surface area contributed by atoms with E-state index in [1.807, 2.05) is 24.3 Å². The lowest BCUT2D eigenvalue weighted by Gasteiger charge is -2.38. The fourth-order valence-electron chi connectivity index (χ4n) is 4.57. The Morgan fingerprint density at radius 2 is 1.94 bits per heavy atom. The van der Waals surface area contributed by atoms with Gasteiger partial charge in [0.2, 0.25) is 5.91 Å². The maximum atomic E-state index is 13.0. The van der Waals surface area contributed by atoms with Crippen LogP contribution in [-0.4, -0.2) is 56.8 Å². The number of rotatable bonds is 5. The Hall–Kier alpha value is -3.00. The summed E-state index contributed by atoms with van der Waals surface area (Å²) in [5.74, 6) is 1.02. The summed E-state index contributed by atoms with van der Waals surface area (Å²) in [5.41, 5.74) is 2.47. The van der Waals surface area contributed by atoms with E-state index in [2.05, 4.69) is 30.4 Å². The molecule has 3 heterocycles. The number of carbonyl (C=O) groups excluding carboxylic acids is 1. The number of aromatic nitrogens is 4. The average Bonchev–Trinajstić information content (AvgIpc) is 2.78. The zero-order valence-electron chi connectivity index (χ0n) is 17.2. The molecule has 1 amide bonds. The Morgan fingerprint density at radius 3 is 2.68 bits per heavy atom. The minimum absolute atomic E-state index is 0.00459. The molecule has 5 rings (SSSR count). The molecule has 2 fully saturated rings. The molecular formula is C23H25FN6O. The second-order valence-corrected chi connectivity index (χ2v) is 8.62. The number of amides is 1. The van der Waals surface area contributed by atoms with Crippen LogP contribution in [0.1, 0.15) is 25.7 Å². The van der Waals surface area contributed by atoms with Crippen LogP contribution in [0.3, 0.4) is 0 Å². The second-order valence-electron chi connectivity index (χ2n) is 8.62. The summed E-state index contributed by atoms with van der Waals surface area (Å²) in [6.45, 7) is 2.10. The fraction of sp³-hybridized carbons (Fsp3) is 0.435. The van der Waals surface area contributed by atoms with E-state index < -0.39 is 6.17 Å². The Bertz CT molecular complexity index is 1060. The molecule has 160 valence electrons. The lowest BCUT2D eigenvalue weighted by Crippen LogP contribution is -2.50. The Kier molecular flexibility index (Phi) is 5.55. The van der Waals surface area contributed by atoms with Crippen LogP contribution < -0.4 is 5.32 Å². The quantitative estimate of drug-likeness (QED) is 0.680. The third kappa shape index (κ3) is 4.54. The number of halogens is 1. The van der Waals surface area contributed by atoms with Crippen molar-refractivity contribution in [3.8, 4) is 11.3 Å². The zero-order valence-corrected chi connectivity index (χ0v) is 17.2. The number of carbonyl (C=O) groups is 1. The molecule has 0 bridgehead atoms. The van der Waals surface area contributed by atoms with Gasteiger partial charge in [-0.15, -0.1) is 10.2 Å². The highest BCUT2D eigenvalue weighted by molar-refractivity contribution is 5.94. The number of hydrogen-bond acceptors (Lipinski definition) is 6. The Labute approximate surface area is 180 Å². The molecule has 0 unspecified atom stereocenters. The van der Waals surface area contributed by atoms with Gasteiger partial charge in [0.1, 0.15) is 6.17 Å². The molecule has 0 spiro atoms. The number of anilines is 1. The molecule has 0 atom stereocenters. The van der Waals surface area contributed by atoms with Gasteiger partial charge in [-0.2, -0.15) is 0 Å². The van der Waals surface area contributed by atoms with Crippen molar-refractivity contribution in [3.05, 3.63) is 42.9 Å². The minimum atomic E-state index is -0.651. The van der Waals surface area contributed by atoms with Crippen molar-refractivity contribution in [1.82, 2.24) is 25.1 Å². The second kappa shape index (κ2) is 8.63. The number of nitrogens with zero attached hydrogens (tertiary/aromatic N) is 5. The van der Waals surface area contributed by atoms with Gasteiger partial charge in [-0.25, -0.2) is 4.39 Å². The smallest absolute Gasteiger partial charge is 0.228 e. The average molecular weight is 420 g/mol. The number of nitrogens with one attached hydrogen (secondary N) is 1. The van der Waals surface area contributed by atoms with E-state index in [-0.39, 0.29) is 11.8 Å². The van der Waals surface area contributed by atoms with Crippen molar-refractivity contribution in [3.63, 3.8) is 0 Å². The lowest BCUT2D eigenvalue weighted by atomic mass is 9.81. The van der Waals surface area contributed by atoms with Gasteiger partial charge < -0.3 is 5.32 Å². The van der Waals surface area contributed by atoms with Crippen molar-refractivity contribution in [1.29, 1.82) is 0 Å². The van der Waals surface area contributed by atoms with Crippen LogP contribution in [0, 0.1) is 11.8 Å². The van der Waals surface area contributed by atoms with Gasteiger partial charge in [0.25, 0.3) is 0 Å². The molecule has 1 aliphatic heterocycles. The van der Waals surface area contributed by atoms with Crippen molar-refractivity contribution < 1.29 is 9.18 Å². The first-order valence-electron chi connectivity index (χ1n) is 10.9. The number of benzene rings is 1. The summed E-state index contributed by atoms with van der Waals surface area (Å²) in [5, 5.41) is 12.2. The zero-order chi connectivity index (χ0) is 21.2. The SMILES string of the molecule is O=C(Nc1cc2cc(-c3cnccn3)ccc2nn1)C1CCC(CN2CC(F)C2)CC1. The molecule has 1 N–H and O–H groups in total. The van der Waals surface area contributed by atoms with Crippen LogP contribution in [0.4, 0.5) is 10.2 Å². The van der Waals surface area contributed by atoms with Gasteiger partial charge in [-0.1, -0.05) is 6.07 Å². The van der Waals surface area contributed by atoms with Crippen molar-refractivity contribution in [2.24, 2.45) is 11.8 Å². The molecule has 1 saturated carbocycles. The summed E-state index contributed by atoms with van der Waals surface area (Å²) in [6.07, 6.45) is 8.11. The van der Waals surface area contributed by atoms with Crippen molar-refractivity contribution in [2.75, 3.05) is 25.0 Å². The molecule has 1 saturated heterocycles. The van der Waals surface area contributed by atoms with Gasteiger partial charge in [0.15, 0.2) is 5.82 Å². The molecule has 1 aromatic carbocycles. The van der Waals surface area contributed by atoms with Crippen molar-refractivity contribution in [2.45, 2.75) is 31.9 Å². The van der Waals surface area contributed by atoms with Gasteiger partial charge in [-0.05, 0) is 49.8 Å². The van der Waals surface area contributed by atoms with Gasteiger partial charge in [-0.3, -0.25) is 19.7 Å². The summed E-state index contributed by atoms with van der Waals surface area (Å²) in [4.78, 5) is 23.4. The topological polar surface area (TPSA) is 83.9 Å². The molecule has 1 aliphatic carbocycles. The van der Waals surface area contributed by atoms with Crippen LogP contribution in [0.2, 0.25) is 0 Å². The molecule has 2 aliphatic rings.